The average Bonchev–Trinajstić information content (AvgIpc) is 2.21. The van der Waals surface area contributed by atoms with Gasteiger partial charge in [0.25, 0.3) is 0 Å². The van der Waals surface area contributed by atoms with Gasteiger partial charge in [-0.05, 0) is 26.7 Å². The van der Waals surface area contributed by atoms with Crippen molar-refractivity contribution in [2.75, 3.05) is 0 Å². The lowest BCUT2D eigenvalue weighted by atomic mass is 9.82. The third-order valence-electron chi connectivity index (χ3n) is 2.91. The summed E-state index contributed by atoms with van der Waals surface area (Å²) in [7, 11) is 0. The highest BCUT2D eigenvalue weighted by Gasteiger charge is 2.38. The predicted molar refractivity (Wildman–Crippen MR) is 69.0 cm³/mol. The Bertz CT molecular complexity index is 292. The van der Waals surface area contributed by atoms with Crippen LogP contribution in [0.15, 0.2) is 0 Å². The molecule has 106 valence electrons. The quantitative estimate of drug-likeness (QED) is 0.710. The van der Waals surface area contributed by atoms with E-state index in [9.17, 15) is 9.59 Å². The zero-order valence-corrected chi connectivity index (χ0v) is 11.9. The van der Waals surface area contributed by atoms with Crippen LogP contribution >= 0.6 is 0 Å². The van der Waals surface area contributed by atoms with Crippen molar-refractivity contribution in [1.82, 2.24) is 0 Å². The molecule has 0 radical (unpaired) electrons. The molecule has 0 saturated carbocycles. The first-order valence-corrected chi connectivity index (χ1v) is 6.35. The van der Waals surface area contributed by atoms with E-state index in [1.54, 1.807) is 20.8 Å². The smallest absolute Gasteiger partial charge is 0.321 e. The van der Waals surface area contributed by atoms with Crippen molar-refractivity contribution in [3.05, 3.63) is 0 Å². The van der Waals surface area contributed by atoms with Gasteiger partial charge in [0.1, 0.15) is 11.6 Å². The minimum atomic E-state index is -1.22. The molecule has 0 rings (SSSR count). The van der Waals surface area contributed by atoms with Crippen LogP contribution in [0.3, 0.4) is 0 Å². The zero-order chi connectivity index (χ0) is 14.5. The summed E-state index contributed by atoms with van der Waals surface area (Å²) in [6.45, 7) is 9.09. The van der Waals surface area contributed by atoms with E-state index in [1.807, 2.05) is 13.8 Å². The number of hydrogen-bond acceptors (Lipinski definition) is 4. The maximum absolute atomic E-state index is 12.1. The molecule has 0 amide bonds. The number of carboxylic acid groups (broad SMARTS) is 1. The molecule has 0 fully saturated rings. The minimum absolute atomic E-state index is 0.0778. The third-order valence-corrected chi connectivity index (χ3v) is 2.91. The van der Waals surface area contributed by atoms with E-state index < -0.39 is 29.5 Å². The van der Waals surface area contributed by atoms with Crippen LogP contribution in [-0.2, 0) is 14.3 Å². The number of carboxylic acids is 1. The maximum Gasteiger partial charge on any atom is 0.321 e. The molecule has 5 nitrogen and oxygen atoms in total. The highest BCUT2D eigenvalue weighted by Crippen LogP contribution is 2.25. The number of aliphatic carboxylic acids is 1. The van der Waals surface area contributed by atoms with Gasteiger partial charge in [-0.3, -0.25) is 9.59 Å². The van der Waals surface area contributed by atoms with E-state index in [1.165, 1.54) is 0 Å². The number of nitrogens with two attached hydrogens (primary N) is 1. The number of carbonyl (C=O) groups excluding carboxylic acids is 1. The normalized spacial score (nSPS) is 15.3. The highest BCUT2D eigenvalue weighted by molar-refractivity contribution is 5.83. The molecule has 18 heavy (non-hydrogen) atoms. The van der Waals surface area contributed by atoms with Gasteiger partial charge in [-0.25, -0.2) is 0 Å². The molecule has 0 spiro atoms. The van der Waals surface area contributed by atoms with E-state index in [2.05, 4.69) is 0 Å². The van der Waals surface area contributed by atoms with Crippen LogP contribution in [0.25, 0.3) is 0 Å². The molecule has 3 N–H and O–H groups in total. The Balaban J connectivity index is 5.08. The fourth-order valence-corrected chi connectivity index (χ4v) is 1.95. The predicted octanol–water partition coefficient (Wildman–Crippen LogP) is 1.79. The maximum atomic E-state index is 12.1. The molecule has 0 aromatic heterocycles. The first-order valence-electron chi connectivity index (χ1n) is 6.35. The first kappa shape index (κ1) is 16.9. The Morgan fingerprint density at radius 2 is 1.67 bits per heavy atom. The van der Waals surface area contributed by atoms with Crippen LogP contribution in [0.2, 0.25) is 0 Å². The standard InChI is InChI=1S/C13H25NO4/c1-6-8(7-2)9(10(14)11(15)16)12(17)18-13(3,4)5/h8-10H,6-7,14H2,1-5H3,(H,15,16)/t9-,10-/m1/s1. The average molecular weight is 259 g/mol. The van der Waals surface area contributed by atoms with Gasteiger partial charge in [-0.2, -0.15) is 0 Å². The number of hydrogen-bond donors (Lipinski definition) is 2. The molecule has 0 bridgehead atoms. The first-order chi connectivity index (χ1) is 8.14. The minimum Gasteiger partial charge on any atom is -0.480 e. The van der Waals surface area contributed by atoms with E-state index in [-0.39, 0.29) is 5.92 Å². The lowest BCUT2D eigenvalue weighted by Crippen LogP contribution is -2.47. The van der Waals surface area contributed by atoms with Crippen molar-refractivity contribution >= 4 is 11.9 Å². The van der Waals surface area contributed by atoms with Crippen LogP contribution in [0.4, 0.5) is 0 Å². The lowest BCUT2D eigenvalue weighted by Gasteiger charge is -2.30. The number of carbonyl (C=O) groups is 2. The molecule has 0 aromatic rings. The third kappa shape index (κ3) is 5.04. The zero-order valence-electron chi connectivity index (χ0n) is 11.9. The van der Waals surface area contributed by atoms with Gasteiger partial charge in [0, 0.05) is 0 Å². The molecule has 0 heterocycles. The van der Waals surface area contributed by atoms with Gasteiger partial charge in [0.05, 0.1) is 5.92 Å². The largest absolute Gasteiger partial charge is 0.480 e. The molecule has 2 atom stereocenters. The van der Waals surface area contributed by atoms with Gasteiger partial charge in [0.15, 0.2) is 0 Å². The molecule has 5 heteroatoms. The van der Waals surface area contributed by atoms with Crippen LogP contribution in [0.5, 0.6) is 0 Å². The van der Waals surface area contributed by atoms with E-state index >= 15 is 0 Å². The molecular formula is C13H25NO4. The second-order valence-electron chi connectivity index (χ2n) is 5.50. The molecule has 0 aliphatic heterocycles. The summed E-state index contributed by atoms with van der Waals surface area (Å²) in [5, 5.41) is 9.01. The molecule has 0 saturated heterocycles. The van der Waals surface area contributed by atoms with Gasteiger partial charge in [-0.15, -0.1) is 0 Å². The van der Waals surface area contributed by atoms with Crippen molar-refractivity contribution in [2.45, 2.75) is 59.1 Å². The van der Waals surface area contributed by atoms with Crippen molar-refractivity contribution in [1.29, 1.82) is 0 Å². The molecular weight excluding hydrogens is 234 g/mol. The molecule has 0 aromatic carbocycles. The summed E-state index contributed by atoms with van der Waals surface area (Å²) in [6.07, 6.45) is 1.39. The summed E-state index contributed by atoms with van der Waals surface area (Å²) in [5.41, 5.74) is 4.99. The molecule has 0 unspecified atom stereocenters. The van der Waals surface area contributed by atoms with Crippen LogP contribution < -0.4 is 5.73 Å². The fourth-order valence-electron chi connectivity index (χ4n) is 1.95. The highest BCUT2D eigenvalue weighted by atomic mass is 16.6. The fraction of sp³-hybridized carbons (Fsp3) is 0.846. The van der Waals surface area contributed by atoms with Crippen molar-refractivity contribution in [3.8, 4) is 0 Å². The van der Waals surface area contributed by atoms with Crippen LogP contribution in [-0.4, -0.2) is 28.7 Å². The van der Waals surface area contributed by atoms with Crippen molar-refractivity contribution in [3.63, 3.8) is 0 Å². The van der Waals surface area contributed by atoms with Crippen molar-refractivity contribution in [2.24, 2.45) is 17.6 Å². The number of rotatable bonds is 6. The molecule has 0 aliphatic rings. The second-order valence-corrected chi connectivity index (χ2v) is 5.50. The van der Waals surface area contributed by atoms with E-state index in [4.69, 9.17) is 15.6 Å². The van der Waals surface area contributed by atoms with E-state index in [0.29, 0.717) is 12.8 Å². The Morgan fingerprint density at radius 1 is 1.22 bits per heavy atom. The topological polar surface area (TPSA) is 89.6 Å². The second kappa shape index (κ2) is 6.73. The van der Waals surface area contributed by atoms with Gasteiger partial charge < -0.3 is 15.6 Å². The summed E-state index contributed by atoms with van der Waals surface area (Å²) in [5.74, 6) is -2.56. The van der Waals surface area contributed by atoms with Gasteiger partial charge in [-0.1, -0.05) is 26.7 Å². The Kier molecular flexibility index (Phi) is 6.32. The SMILES string of the molecule is CCC(CC)[C@@H](C(=O)OC(C)(C)C)[C@@H](N)C(=O)O. The van der Waals surface area contributed by atoms with Crippen LogP contribution in [0, 0.1) is 11.8 Å². The Hall–Kier alpha value is -1.10. The Labute approximate surface area is 109 Å². The van der Waals surface area contributed by atoms with Gasteiger partial charge >= 0.3 is 11.9 Å². The van der Waals surface area contributed by atoms with Crippen LogP contribution in [0.1, 0.15) is 47.5 Å². The molecule has 0 aliphatic carbocycles. The Morgan fingerprint density at radius 3 is 1.94 bits per heavy atom. The van der Waals surface area contributed by atoms with Gasteiger partial charge in [0.2, 0.25) is 0 Å². The number of ether oxygens (including phenoxy) is 1. The monoisotopic (exact) mass is 259 g/mol. The van der Waals surface area contributed by atoms with E-state index in [0.717, 1.165) is 0 Å². The lowest BCUT2D eigenvalue weighted by molar-refractivity contribution is -0.166. The summed E-state index contributed by atoms with van der Waals surface area (Å²) in [4.78, 5) is 23.1. The van der Waals surface area contributed by atoms with Crippen molar-refractivity contribution < 1.29 is 19.4 Å². The summed E-state index contributed by atoms with van der Waals surface area (Å²) >= 11 is 0. The number of esters is 1. The summed E-state index contributed by atoms with van der Waals surface area (Å²) in [6, 6.07) is -1.22. The summed E-state index contributed by atoms with van der Waals surface area (Å²) < 4.78 is 5.27.